The Morgan fingerprint density at radius 1 is 1.22 bits per heavy atom. The van der Waals surface area contributed by atoms with E-state index in [1.54, 1.807) is 0 Å². The summed E-state index contributed by atoms with van der Waals surface area (Å²) in [6.45, 7) is -0.00360. The highest BCUT2D eigenvalue weighted by atomic mass is 32.2. The SMILES string of the molecule is O=C(O)CCNS(=O)(=O)CC12CCC(CC1)CC2. The third-order valence-electron chi connectivity index (χ3n) is 4.41. The second-order valence-corrected chi connectivity index (χ2v) is 7.59. The number of carbonyl (C=O) groups is 1. The van der Waals surface area contributed by atoms with E-state index >= 15 is 0 Å². The zero-order valence-electron chi connectivity index (χ0n) is 10.5. The van der Waals surface area contributed by atoms with E-state index in [4.69, 9.17) is 5.11 Å². The van der Waals surface area contributed by atoms with Crippen molar-refractivity contribution in [1.82, 2.24) is 4.72 Å². The number of fused-ring (bicyclic) bond motifs is 3. The minimum absolute atomic E-state index is 0.00360. The molecule has 0 aromatic carbocycles. The van der Waals surface area contributed by atoms with Gasteiger partial charge in [-0.15, -0.1) is 0 Å². The molecule has 104 valence electrons. The fraction of sp³-hybridized carbons (Fsp3) is 0.917. The van der Waals surface area contributed by atoms with Gasteiger partial charge in [-0.3, -0.25) is 4.79 Å². The molecule has 0 amide bonds. The van der Waals surface area contributed by atoms with Gasteiger partial charge in [0.25, 0.3) is 0 Å². The molecule has 6 heteroatoms. The summed E-state index contributed by atoms with van der Waals surface area (Å²) in [5.41, 5.74) is -0.0379. The molecular weight excluding hydrogens is 254 g/mol. The molecule has 5 nitrogen and oxygen atoms in total. The average Bonchev–Trinajstić information content (AvgIpc) is 2.29. The number of nitrogens with one attached hydrogen (secondary N) is 1. The molecule has 3 saturated carbocycles. The molecule has 0 spiro atoms. The van der Waals surface area contributed by atoms with E-state index in [-0.39, 0.29) is 24.1 Å². The van der Waals surface area contributed by atoms with Crippen LogP contribution in [0.25, 0.3) is 0 Å². The van der Waals surface area contributed by atoms with E-state index < -0.39 is 16.0 Å². The van der Waals surface area contributed by atoms with Gasteiger partial charge in [-0.25, -0.2) is 13.1 Å². The summed E-state index contributed by atoms with van der Waals surface area (Å²) in [4.78, 5) is 10.4. The molecule has 0 atom stereocenters. The van der Waals surface area contributed by atoms with E-state index in [0.717, 1.165) is 44.4 Å². The van der Waals surface area contributed by atoms with Crippen molar-refractivity contribution in [3.8, 4) is 0 Å². The van der Waals surface area contributed by atoms with E-state index in [2.05, 4.69) is 4.72 Å². The van der Waals surface area contributed by atoms with Crippen LogP contribution >= 0.6 is 0 Å². The standard InChI is InChI=1S/C12H21NO4S/c14-11(15)4-8-13-18(16,17)9-12-5-1-10(2-6-12)3-7-12/h10,13H,1-9H2,(H,14,15). The lowest BCUT2D eigenvalue weighted by Crippen LogP contribution is -2.43. The number of carboxylic acids is 1. The van der Waals surface area contributed by atoms with Crippen molar-refractivity contribution >= 4 is 16.0 Å². The largest absolute Gasteiger partial charge is 0.481 e. The van der Waals surface area contributed by atoms with E-state index in [1.165, 1.54) is 0 Å². The lowest BCUT2D eigenvalue weighted by molar-refractivity contribution is -0.136. The normalized spacial score (nSPS) is 31.4. The summed E-state index contributed by atoms with van der Waals surface area (Å²) in [6.07, 6.45) is 6.35. The smallest absolute Gasteiger partial charge is 0.304 e. The zero-order chi connectivity index (χ0) is 13.2. The molecule has 0 saturated heterocycles. The van der Waals surface area contributed by atoms with Gasteiger partial charge in [0.05, 0.1) is 12.2 Å². The van der Waals surface area contributed by atoms with Crippen LogP contribution in [0.5, 0.6) is 0 Å². The highest BCUT2D eigenvalue weighted by molar-refractivity contribution is 7.89. The Kier molecular flexibility index (Phi) is 3.96. The summed E-state index contributed by atoms with van der Waals surface area (Å²) in [5, 5.41) is 8.50. The third kappa shape index (κ3) is 3.45. The predicted octanol–water partition coefficient (Wildman–Crippen LogP) is 1.35. The molecule has 0 aromatic heterocycles. The van der Waals surface area contributed by atoms with Crippen LogP contribution in [0, 0.1) is 11.3 Å². The summed E-state index contributed by atoms with van der Waals surface area (Å²) in [6, 6.07) is 0. The van der Waals surface area contributed by atoms with Crippen LogP contribution in [-0.4, -0.2) is 31.8 Å². The van der Waals surface area contributed by atoms with Crippen molar-refractivity contribution in [1.29, 1.82) is 0 Å². The Balaban J connectivity index is 1.89. The minimum atomic E-state index is -3.34. The van der Waals surface area contributed by atoms with E-state index in [9.17, 15) is 13.2 Å². The summed E-state index contributed by atoms with van der Waals surface area (Å²) in [5.74, 6) is 0.00961. The quantitative estimate of drug-likeness (QED) is 0.766. The highest BCUT2D eigenvalue weighted by Crippen LogP contribution is 2.50. The Morgan fingerprint density at radius 3 is 2.28 bits per heavy atom. The maximum absolute atomic E-state index is 12.0. The Labute approximate surface area is 108 Å². The molecule has 0 heterocycles. The highest BCUT2D eigenvalue weighted by Gasteiger charge is 2.42. The summed E-state index contributed by atoms with van der Waals surface area (Å²) in [7, 11) is -3.34. The molecule has 2 bridgehead atoms. The number of carboxylic acid groups (broad SMARTS) is 1. The topological polar surface area (TPSA) is 83.5 Å². The van der Waals surface area contributed by atoms with Gasteiger partial charge in [-0.1, -0.05) is 0 Å². The van der Waals surface area contributed by atoms with Gasteiger partial charge >= 0.3 is 5.97 Å². The number of rotatable bonds is 6. The van der Waals surface area contributed by atoms with E-state index in [1.807, 2.05) is 0 Å². The molecule has 3 rings (SSSR count). The van der Waals surface area contributed by atoms with Crippen LogP contribution < -0.4 is 4.72 Å². The maximum Gasteiger partial charge on any atom is 0.304 e. The van der Waals surface area contributed by atoms with Gasteiger partial charge in [-0.2, -0.15) is 0 Å². The molecule has 0 aromatic rings. The number of hydrogen-bond donors (Lipinski definition) is 2. The van der Waals surface area contributed by atoms with Crippen molar-refractivity contribution in [2.75, 3.05) is 12.3 Å². The third-order valence-corrected chi connectivity index (χ3v) is 6.04. The summed E-state index contributed by atoms with van der Waals surface area (Å²) >= 11 is 0. The van der Waals surface area contributed by atoms with Gasteiger partial charge in [0.15, 0.2) is 0 Å². The van der Waals surface area contributed by atoms with Crippen molar-refractivity contribution in [2.24, 2.45) is 11.3 Å². The summed E-state index contributed by atoms with van der Waals surface area (Å²) < 4.78 is 26.3. The Bertz CT molecular complexity index is 396. The predicted molar refractivity (Wildman–Crippen MR) is 67.7 cm³/mol. The van der Waals surface area contributed by atoms with E-state index in [0.29, 0.717) is 0 Å². The van der Waals surface area contributed by atoms with Crippen molar-refractivity contribution in [3.05, 3.63) is 0 Å². The molecular formula is C12H21NO4S. The molecule has 0 unspecified atom stereocenters. The molecule has 2 N–H and O–H groups in total. The zero-order valence-corrected chi connectivity index (χ0v) is 11.3. The number of hydrogen-bond acceptors (Lipinski definition) is 3. The van der Waals surface area contributed by atoms with Crippen LogP contribution in [0.2, 0.25) is 0 Å². The van der Waals surface area contributed by atoms with Gasteiger partial charge in [-0.05, 0) is 49.9 Å². The van der Waals surface area contributed by atoms with Crippen LogP contribution in [0.1, 0.15) is 44.9 Å². The first-order valence-electron chi connectivity index (χ1n) is 6.60. The molecule has 0 aliphatic heterocycles. The number of aliphatic carboxylic acids is 1. The molecule has 3 aliphatic carbocycles. The minimum Gasteiger partial charge on any atom is -0.481 e. The maximum atomic E-state index is 12.0. The first kappa shape index (κ1) is 13.8. The van der Waals surface area contributed by atoms with Crippen LogP contribution in [0.15, 0.2) is 0 Å². The second-order valence-electron chi connectivity index (χ2n) is 5.78. The lowest BCUT2D eigenvalue weighted by atomic mass is 9.62. The monoisotopic (exact) mass is 275 g/mol. The fourth-order valence-electron chi connectivity index (χ4n) is 3.32. The average molecular weight is 275 g/mol. The molecule has 18 heavy (non-hydrogen) atoms. The van der Waals surface area contributed by atoms with Crippen LogP contribution in [0.4, 0.5) is 0 Å². The first-order chi connectivity index (χ1) is 8.41. The van der Waals surface area contributed by atoms with Gasteiger partial charge in [0.2, 0.25) is 10.0 Å². The van der Waals surface area contributed by atoms with Gasteiger partial charge in [0, 0.05) is 6.54 Å². The number of sulfonamides is 1. The van der Waals surface area contributed by atoms with Gasteiger partial charge < -0.3 is 5.11 Å². The fourth-order valence-corrected chi connectivity index (χ4v) is 5.08. The molecule has 0 radical (unpaired) electrons. The van der Waals surface area contributed by atoms with Crippen molar-refractivity contribution in [3.63, 3.8) is 0 Å². The Morgan fingerprint density at radius 2 is 1.78 bits per heavy atom. The van der Waals surface area contributed by atoms with Crippen molar-refractivity contribution < 1.29 is 18.3 Å². The Hall–Kier alpha value is -0.620. The molecule has 3 aliphatic rings. The van der Waals surface area contributed by atoms with Crippen LogP contribution in [-0.2, 0) is 14.8 Å². The van der Waals surface area contributed by atoms with Crippen LogP contribution in [0.3, 0.4) is 0 Å². The second kappa shape index (κ2) is 5.17. The first-order valence-corrected chi connectivity index (χ1v) is 8.25. The molecule has 3 fully saturated rings. The lowest BCUT2D eigenvalue weighted by Gasteiger charge is -2.46. The van der Waals surface area contributed by atoms with Gasteiger partial charge in [0.1, 0.15) is 0 Å². The van der Waals surface area contributed by atoms with Crippen molar-refractivity contribution in [2.45, 2.75) is 44.9 Å².